The Morgan fingerprint density at radius 1 is 1.12 bits per heavy atom. The van der Waals surface area contributed by atoms with E-state index in [2.05, 4.69) is 42.1 Å². The van der Waals surface area contributed by atoms with Crippen LogP contribution >= 0.6 is 0 Å². The third-order valence-electron chi connectivity index (χ3n) is 2.92. The number of hydrogen-bond donors (Lipinski definition) is 1. The van der Waals surface area contributed by atoms with Gasteiger partial charge in [-0.25, -0.2) is 9.97 Å². The molecule has 3 heteroatoms. The molecule has 0 spiro atoms. The second-order valence-electron chi connectivity index (χ2n) is 4.50. The summed E-state index contributed by atoms with van der Waals surface area (Å²) in [4.78, 5) is 8.61. The molecule has 17 heavy (non-hydrogen) atoms. The summed E-state index contributed by atoms with van der Waals surface area (Å²) in [6.45, 7) is 7.66. The van der Waals surface area contributed by atoms with Gasteiger partial charge < -0.3 is 5.32 Å². The fraction of sp³-hybridized carbons (Fsp3) is 0.714. The Morgan fingerprint density at radius 3 is 2.53 bits per heavy atom. The summed E-state index contributed by atoms with van der Waals surface area (Å²) >= 11 is 0. The van der Waals surface area contributed by atoms with E-state index in [9.17, 15) is 0 Å². The van der Waals surface area contributed by atoms with E-state index in [0.29, 0.717) is 6.04 Å². The van der Waals surface area contributed by atoms with Crippen molar-refractivity contribution in [1.29, 1.82) is 0 Å². The van der Waals surface area contributed by atoms with Crippen LogP contribution in [0.25, 0.3) is 0 Å². The molecule has 1 aromatic rings. The zero-order valence-electron chi connectivity index (χ0n) is 11.4. The molecule has 1 atom stereocenters. The number of nitrogens with one attached hydrogen (secondary N) is 1. The van der Waals surface area contributed by atoms with Crippen LogP contribution in [0.15, 0.2) is 12.4 Å². The standard InChI is InChI=1S/C14H25N3/c1-4-7-13(15-8-5-2)10-14-9-12(6-3)16-11-17-14/h9,11,13,15H,4-8,10H2,1-3H3. The lowest BCUT2D eigenvalue weighted by atomic mass is 10.1. The van der Waals surface area contributed by atoms with Crippen molar-refractivity contribution in [2.75, 3.05) is 6.54 Å². The second-order valence-corrected chi connectivity index (χ2v) is 4.50. The molecule has 1 unspecified atom stereocenters. The predicted octanol–water partition coefficient (Wildman–Crippen LogP) is 2.75. The summed E-state index contributed by atoms with van der Waals surface area (Å²) in [5.74, 6) is 0. The Bertz CT molecular complexity index is 312. The third kappa shape index (κ3) is 5.26. The van der Waals surface area contributed by atoms with E-state index in [1.165, 1.54) is 25.0 Å². The lowest BCUT2D eigenvalue weighted by Gasteiger charge is -2.17. The Morgan fingerprint density at radius 2 is 1.88 bits per heavy atom. The summed E-state index contributed by atoms with van der Waals surface area (Å²) in [5.41, 5.74) is 2.31. The summed E-state index contributed by atoms with van der Waals surface area (Å²) in [7, 11) is 0. The maximum Gasteiger partial charge on any atom is 0.115 e. The smallest absolute Gasteiger partial charge is 0.115 e. The van der Waals surface area contributed by atoms with Crippen molar-refractivity contribution >= 4 is 0 Å². The predicted molar refractivity (Wildman–Crippen MR) is 72.1 cm³/mol. The van der Waals surface area contributed by atoms with Crippen LogP contribution in [0.3, 0.4) is 0 Å². The maximum atomic E-state index is 4.37. The molecule has 1 rings (SSSR count). The van der Waals surface area contributed by atoms with Gasteiger partial charge in [-0.2, -0.15) is 0 Å². The number of hydrogen-bond acceptors (Lipinski definition) is 3. The first-order chi connectivity index (χ1) is 8.30. The lowest BCUT2D eigenvalue weighted by Crippen LogP contribution is -2.32. The fourth-order valence-corrected chi connectivity index (χ4v) is 1.97. The average molecular weight is 235 g/mol. The van der Waals surface area contributed by atoms with Crippen molar-refractivity contribution in [3.63, 3.8) is 0 Å². The summed E-state index contributed by atoms with van der Waals surface area (Å²) in [6, 6.07) is 2.69. The Labute approximate surface area is 105 Å². The van der Waals surface area contributed by atoms with E-state index >= 15 is 0 Å². The van der Waals surface area contributed by atoms with Gasteiger partial charge in [-0.3, -0.25) is 0 Å². The second kappa shape index (κ2) is 8.18. The van der Waals surface area contributed by atoms with Crippen LogP contribution in [-0.4, -0.2) is 22.6 Å². The number of nitrogens with zero attached hydrogens (tertiary/aromatic N) is 2. The molecule has 0 aliphatic heterocycles. The minimum atomic E-state index is 0.555. The third-order valence-corrected chi connectivity index (χ3v) is 2.92. The van der Waals surface area contributed by atoms with Crippen LogP contribution in [-0.2, 0) is 12.8 Å². The Hall–Kier alpha value is -0.960. The van der Waals surface area contributed by atoms with E-state index in [4.69, 9.17) is 0 Å². The van der Waals surface area contributed by atoms with Gasteiger partial charge in [0.25, 0.3) is 0 Å². The van der Waals surface area contributed by atoms with E-state index in [1.807, 2.05) is 0 Å². The van der Waals surface area contributed by atoms with Crippen LogP contribution in [0.2, 0.25) is 0 Å². The molecule has 0 bridgehead atoms. The summed E-state index contributed by atoms with van der Waals surface area (Å²) in [6.07, 6.45) is 7.31. The molecular formula is C14H25N3. The van der Waals surface area contributed by atoms with Crippen molar-refractivity contribution in [1.82, 2.24) is 15.3 Å². The molecule has 0 aliphatic carbocycles. The quantitative estimate of drug-likeness (QED) is 0.753. The van der Waals surface area contributed by atoms with Crippen molar-refractivity contribution in [2.45, 2.75) is 58.9 Å². The van der Waals surface area contributed by atoms with E-state index in [0.717, 1.165) is 25.1 Å². The van der Waals surface area contributed by atoms with Gasteiger partial charge in [0.05, 0.1) is 0 Å². The monoisotopic (exact) mass is 235 g/mol. The van der Waals surface area contributed by atoms with E-state index in [1.54, 1.807) is 6.33 Å². The molecule has 3 nitrogen and oxygen atoms in total. The molecule has 0 radical (unpaired) electrons. The van der Waals surface area contributed by atoms with Gasteiger partial charge in [0, 0.05) is 23.9 Å². The molecular weight excluding hydrogens is 210 g/mol. The summed E-state index contributed by atoms with van der Waals surface area (Å²) < 4.78 is 0. The van der Waals surface area contributed by atoms with Gasteiger partial charge >= 0.3 is 0 Å². The molecule has 0 aliphatic rings. The highest BCUT2D eigenvalue weighted by Crippen LogP contribution is 2.07. The van der Waals surface area contributed by atoms with Gasteiger partial charge in [0.15, 0.2) is 0 Å². The lowest BCUT2D eigenvalue weighted by molar-refractivity contribution is 0.468. The van der Waals surface area contributed by atoms with Crippen molar-refractivity contribution in [3.05, 3.63) is 23.8 Å². The highest BCUT2D eigenvalue weighted by molar-refractivity contribution is 5.09. The number of rotatable bonds is 8. The van der Waals surface area contributed by atoms with Crippen molar-refractivity contribution in [3.8, 4) is 0 Å². The van der Waals surface area contributed by atoms with Crippen LogP contribution in [0.5, 0.6) is 0 Å². The topological polar surface area (TPSA) is 37.8 Å². The normalized spacial score (nSPS) is 12.6. The zero-order chi connectivity index (χ0) is 12.5. The molecule has 0 aromatic carbocycles. The fourth-order valence-electron chi connectivity index (χ4n) is 1.97. The van der Waals surface area contributed by atoms with Gasteiger partial charge in [-0.05, 0) is 31.9 Å². The highest BCUT2D eigenvalue weighted by atomic mass is 14.9. The van der Waals surface area contributed by atoms with Gasteiger partial charge in [-0.15, -0.1) is 0 Å². The van der Waals surface area contributed by atoms with Crippen LogP contribution in [0.4, 0.5) is 0 Å². The Balaban J connectivity index is 2.57. The first-order valence-corrected chi connectivity index (χ1v) is 6.83. The zero-order valence-corrected chi connectivity index (χ0v) is 11.4. The Kier molecular flexibility index (Phi) is 6.78. The number of aromatic nitrogens is 2. The van der Waals surface area contributed by atoms with Gasteiger partial charge in [0.2, 0.25) is 0 Å². The first kappa shape index (κ1) is 14.1. The summed E-state index contributed by atoms with van der Waals surface area (Å²) in [5, 5.41) is 3.60. The molecule has 0 saturated carbocycles. The van der Waals surface area contributed by atoms with E-state index in [-0.39, 0.29) is 0 Å². The largest absolute Gasteiger partial charge is 0.314 e. The molecule has 1 heterocycles. The molecule has 96 valence electrons. The average Bonchev–Trinajstić information content (AvgIpc) is 2.36. The molecule has 1 N–H and O–H groups in total. The molecule has 0 saturated heterocycles. The SMILES string of the molecule is CCCNC(CCC)Cc1cc(CC)ncn1. The minimum absolute atomic E-state index is 0.555. The van der Waals surface area contributed by atoms with Crippen molar-refractivity contribution < 1.29 is 0 Å². The first-order valence-electron chi connectivity index (χ1n) is 6.83. The van der Waals surface area contributed by atoms with Gasteiger partial charge in [-0.1, -0.05) is 27.2 Å². The molecule has 0 amide bonds. The molecule has 1 aromatic heterocycles. The van der Waals surface area contributed by atoms with Crippen LogP contribution < -0.4 is 5.32 Å². The van der Waals surface area contributed by atoms with Crippen LogP contribution in [0, 0.1) is 0 Å². The number of aryl methyl sites for hydroxylation is 1. The highest BCUT2D eigenvalue weighted by Gasteiger charge is 2.09. The molecule has 0 fully saturated rings. The van der Waals surface area contributed by atoms with Crippen LogP contribution in [0.1, 0.15) is 51.4 Å². The minimum Gasteiger partial charge on any atom is -0.314 e. The van der Waals surface area contributed by atoms with Gasteiger partial charge in [0.1, 0.15) is 6.33 Å². The van der Waals surface area contributed by atoms with E-state index < -0.39 is 0 Å². The maximum absolute atomic E-state index is 4.37. The van der Waals surface area contributed by atoms with Crippen molar-refractivity contribution in [2.24, 2.45) is 0 Å².